The minimum atomic E-state index is -0.147. The zero-order valence-electron chi connectivity index (χ0n) is 19.0. The highest BCUT2D eigenvalue weighted by Crippen LogP contribution is 2.30. The van der Waals surface area contributed by atoms with Gasteiger partial charge in [0.15, 0.2) is 5.65 Å². The van der Waals surface area contributed by atoms with Crippen LogP contribution in [0.4, 0.5) is 5.88 Å². The summed E-state index contributed by atoms with van der Waals surface area (Å²) in [5.74, 6) is 0.728. The molecule has 1 aromatic carbocycles. The molecule has 1 N–H and O–H groups in total. The summed E-state index contributed by atoms with van der Waals surface area (Å²) in [7, 11) is 3.44. The molecule has 0 aliphatic rings. The van der Waals surface area contributed by atoms with Gasteiger partial charge in [0.05, 0.1) is 12.5 Å². The zero-order chi connectivity index (χ0) is 22.8. The number of carbonyl (C=O) groups excluding carboxylic acids is 1. The molecule has 8 heteroatoms. The first-order valence-electron chi connectivity index (χ1n) is 10.6. The number of carbonyl (C=O) groups is 1. The van der Waals surface area contributed by atoms with Crippen molar-refractivity contribution in [3.63, 3.8) is 0 Å². The Morgan fingerprint density at radius 3 is 2.66 bits per heavy atom. The second-order valence-electron chi connectivity index (χ2n) is 7.81. The Morgan fingerprint density at radius 1 is 1.22 bits per heavy atom. The average Bonchev–Trinajstić information content (AvgIpc) is 3.38. The van der Waals surface area contributed by atoms with Crippen LogP contribution in [0.15, 0.2) is 34.9 Å². The number of nitrogens with zero attached hydrogens (tertiary/aromatic N) is 4. The average molecular weight is 434 g/mol. The van der Waals surface area contributed by atoms with Gasteiger partial charge in [-0.15, -0.1) is 5.10 Å². The Bertz CT molecular complexity index is 1270. The number of hydrogen-bond donors (Lipinski definition) is 1. The fourth-order valence-electron chi connectivity index (χ4n) is 3.93. The van der Waals surface area contributed by atoms with Gasteiger partial charge >= 0.3 is 0 Å². The van der Waals surface area contributed by atoms with Gasteiger partial charge in [-0.1, -0.05) is 36.3 Å². The van der Waals surface area contributed by atoms with Crippen molar-refractivity contribution in [3.8, 4) is 17.1 Å². The molecule has 32 heavy (non-hydrogen) atoms. The molecule has 1 amide bonds. The second kappa shape index (κ2) is 8.82. The van der Waals surface area contributed by atoms with Crippen molar-refractivity contribution < 1.29 is 14.1 Å². The number of fused-ring (bicyclic) bond motifs is 1. The highest BCUT2D eigenvalue weighted by atomic mass is 16.5. The molecule has 0 saturated carbocycles. The first-order chi connectivity index (χ1) is 15.4. The number of pyridine rings is 1. The van der Waals surface area contributed by atoms with Crippen LogP contribution >= 0.6 is 0 Å². The molecule has 0 aliphatic heterocycles. The summed E-state index contributed by atoms with van der Waals surface area (Å²) in [4.78, 5) is 17.2. The summed E-state index contributed by atoms with van der Waals surface area (Å²) >= 11 is 0. The molecular weight excluding hydrogens is 406 g/mol. The molecule has 0 spiro atoms. The summed E-state index contributed by atoms with van der Waals surface area (Å²) in [6.45, 7) is 6.08. The van der Waals surface area contributed by atoms with E-state index in [9.17, 15) is 4.79 Å². The third-order valence-corrected chi connectivity index (χ3v) is 5.75. The summed E-state index contributed by atoms with van der Waals surface area (Å²) in [5, 5.41) is 12.1. The molecule has 0 fully saturated rings. The number of amides is 1. The zero-order valence-corrected chi connectivity index (χ0v) is 19.0. The Kier molecular flexibility index (Phi) is 5.94. The van der Waals surface area contributed by atoms with Crippen LogP contribution in [-0.2, 0) is 24.7 Å². The number of benzene rings is 1. The molecule has 0 aliphatic carbocycles. The lowest BCUT2D eigenvalue weighted by Crippen LogP contribution is -2.13. The third-order valence-electron chi connectivity index (χ3n) is 5.75. The van der Waals surface area contributed by atoms with Crippen molar-refractivity contribution in [2.24, 2.45) is 7.05 Å². The van der Waals surface area contributed by atoms with Gasteiger partial charge in [0.2, 0.25) is 17.7 Å². The maximum absolute atomic E-state index is 12.6. The van der Waals surface area contributed by atoms with Crippen LogP contribution in [0.25, 0.3) is 22.3 Å². The Balaban J connectivity index is 1.45. The molecule has 4 aromatic rings. The van der Waals surface area contributed by atoms with Crippen molar-refractivity contribution in [2.75, 3.05) is 12.4 Å². The third kappa shape index (κ3) is 4.08. The molecule has 0 radical (unpaired) electrons. The Labute approximate surface area is 186 Å². The first-order valence-corrected chi connectivity index (χ1v) is 10.6. The number of anilines is 1. The molecule has 0 unspecified atom stereocenters. The number of aromatic nitrogens is 4. The predicted octanol–water partition coefficient (Wildman–Crippen LogP) is 4.38. The van der Waals surface area contributed by atoms with Gasteiger partial charge in [-0.25, -0.2) is 9.67 Å². The quantitative estimate of drug-likeness (QED) is 0.465. The van der Waals surface area contributed by atoms with E-state index in [-0.39, 0.29) is 5.91 Å². The fourth-order valence-corrected chi connectivity index (χ4v) is 3.93. The normalized spacial score (nSPS) is 11.2. The molecule has 0 saturated heterocycles. The van der Waals surface area contributed by atoms with E-state index in [4.69, 9.17) is 9.26 Å². The summed E-state index contributed by atoms with van der Waals surface area (Å²) in [5.41, 5.74) is 6.59. The molecule has 3 aromatic heterocycles. The van der Waals surface area contributed by atoms with Crippen LogP contribution in [0, 0.1) is 13.8 Å². The van der Waals surface area contributed by atoms with E-state index in [1.54, 1.807) is 17.9 Å². The molecule has 0 bridgehead atoms. The van der Waals surface area contributed by atoms with E-state index in [0.29, 0.717) is 30.3 Å². The lowest BCUT2D eigenvalue weighted by atomic mass is 10.00. The van der Waals surface area contributed by atoms with E-state index < -0.39 is 0 Å². The van der Waals surface area contributed by atoms with Gasteiger partial charge in [0, 0.05) is 30.8 Å². The smallest absolute Gasteiger partial charge is 0.242 e. The van der Waals surface area contributed by atoms with E-state index in [2.05, 4.69) is 39.6 Å². The van der Waals surface area contributed by atoms with Crippen LogP contribution in [0.3, 0.4) is 0 Å². The number of methoxy groups -OCH3 is 1. The summed E-state index contributed by atoms with van der Waals surface area (Å²) in [6.07, 6.45) is 1.82. The molecule has 166 valence electrons. The number of aryl methyl sites for hydroxylation is 4. The van der Waals surface area contributed by atoms with Gasteiger partial charge in [-0.3, -0.25) is 10.1 Å². The highest BCUT2D eigenvalue weighted by Gasteiger charge is 2.19. The predicted molar refractivity (Wildman–Crippen MR) is 123 cm³/mol. The van der Waals surface area contributed by atoms with Gasteiger partial charge in [-0.05, 0) is 43.4 Å². The Hall–Kier alpha value is -3.68. The van der Waals surface area contributed by atoms with Crippen LogP contribution in [0.5, 0.6) is 5.88 Å². The van der Waals surface area contributed by atoms with Crippen molar-refractivity contribution in [1.82, 2.24) is 19.9 Å². The van der Waals surface area contributed by atoms with Crippen molar-refractivity contribution in [3.05, 3.63) is 52.7 Å². The van der Waals surface area contributed by atoms with E-state index in [1.807, 2.05) is 33.0 Å². The number of ether oxygens (including phenoxy) is 1. The van der Waals surface area contributed by atoms with E-state index >= 15 is 0 Å². The minimum Gasteiger partial charge on any atom is -0.479 e. The molecule has 8 nitrogen and oxygen atoms in total. The van der Waals surface area contributed by atoms with Gasteiger partial charge in [0.1, 0.15) is 5.69 Å². The SMILES string of the molecule is CCc1ccc(-c2cc(NC(=O)CCc3c(C)nc4c(c(OC)nn4C)c3C)on2)cc1. The summed E-state index contributed by atoms with van der Waals surface area (Å²) < 4.78 is 12.4. The van der Waals surface area contributed by atoms with Crippen LogP contribution in [0.1, 0.15) is 35.7 Å². The molecule has 4 rings (SSSR count). The van der Waals surface area contributed by atoms with E-state index in [0.717, 1.165) is 39.8 Å². The monoisotopic (exact) mass is 433 g/mol. The van der Waals surface area contributed by atoms with Crippen molar-refractivity contribution in [1.29, 1.82) is 0 Å². The fraction of sp³-hybridized carbons (Fsp3) is 0.333. The highest BCUT2D eigenvalue weighted by molar-refractivity contribution is 5.90. The number of nitrogens with one attached hydrogen (secondary N) is 1. The van der Waals surface area contributed by atoms with Crippen LogP contribution in [-0.4, -0.2) is 32.9 Å². The topological polar surface area (TPSA) is 95.1 Å². The van der Waals surface area contributed by atoms with Gasteiger partial charge < -0.3 is 9.26 Å². The first kappa shape index (κ1) is 21.5. The lowest BCUT2D eigenvalue weighted by Gasteiger charge is -2.11. The van der Waals surface area contributed by atoms with Crippen molar-refractivity contribution in [2.45, 2.75) is 40.0 Å². The second-order valence-corrected chi connectivity index (χ2v) is 7.81. The van der Waals surface area contributed by atoms with Crippen molar-refractivity contribution >= 4 is 22.8 Å². The largest absolute Gasteiger partial charge is 0.479 e. The van der Waals surface area contributed by atoms with E-state index in [1.165, 1.54) is 5.56 Å². The number of rotatable bonds is 7. The number of hydrogen-bond acceptors (Lipinski definition) is 6. The lowest BCUT2D eigenvalue weighted by molar-refractivity contribution is -0.116. The molecular formula is C24H27N5O3. The molecule has 3 heterocycles. The minimum absolute atomic E-state index is 0.147. The van der Waals surface area contributed by atoms with Crippen LogP contribution < -0.4 is 10.1 Å². The maximum atomic E-state index is 12.6. The van der Waals surface area contributed by atoms with Crippen LogP contribution in [0.2, 0.25) is 0 Å². The summed E-state index contributed by atoms with van der Waals surface area (Å²) in [6, 6.07) is 9.88. The standard InChI is InChI=1S/C24H27N5O3/c1-6-16-7-9-17(10-8-16)19-13-21(32-28-19)26-20(30)12-11-18-14(2)22-23(25-15(18)3)29(4)27-24(22)31-5/h7-10,13H,6,11-12H2,1-5H3,(H,26,30). The maximum Gasteiger partial charge on any atom is 0.242 e. The van der Waals surface area contributed by atoms with Gasteiger partial charge in [-0.2, -0.15) is 0 Å². The van der Waals surface area contributed by atoms with Gasteiger partial charge in [0.25, 0.3) is 0 Å². The molecule has 0 atom stereocenters. The Morgan fingerprint density at radius 2 is 1.97 bits per heavy atom.